The van der Waals surface area contributed by atoms with Crippen molar-refractivity contribution >= 4 is 50.6 Å². The third kappa shape index (κ3) is 4.77. The van der Waals surface area contributed by atoms with Crippen LogP contribution in [0.25, 0.3) is 33.0 Å². The van der Waals surface area contributed by atoms with E-state index in [1.165, 1.54) is 13.2 Å². The highest BCUT2D eigenvalue weighted by molar-refractivity contribution is 6.35. The normalized spacial score (nSPS) is 18.2. The van der Waals surface area contributed by atoms with E-state index >= 15 is 0 Å². The van der Waals surface area contributed by atoms with Crippen molar-refractivity contribution in [3.05, 3.63) is 82.6 Å². The zero-order valence-electron chi connectivity index (χ0n) is 25.4. The molecule has 46 heavy (non-hydrogen) atoms. The van der Waals surface area contributed by atoms with Crippen LogP contribution in [-0.2, 0) is 31.0 Å². The SMILES string of the molecule is COc1cc(C(=O)O)cc2c1nc(CN1CCn3c(nc4c(OCc5ccc(Cl)c6ccoc56)cccc43)[C@@H]1C)n2C[C@@H]1CCO1. The Morgan fingerprint density at radius 3 is 2.72 bits per heavy atom. The third-order valence-electron chi connectivity index (χ3n) is 9.22. The van der Waals surface area contributed by atoms with Crippen LogP contribution < -0.4 is 9.47 Å². The largest absolute Gasteiger partial charge is 0.494 e. The van der Waals surface area contributed by atoms with Gasteiger partial charge in [0.15, 0.2) is 0 Å². The maximum Gasteiger partial charge on any atom is 0.335 e. The van der Waals surface area contributed by atoms with Crippen LogP contribution in [0.15, 0.2) is 59.2 Å². The molecule has 0 aliphatic carbocycles. The molecule has 3 aromatic carbocycles. The monoisotopic (exact) mass is 641 g/mol. The van der Waals surface area contributed by atoms with Crippen molar-refractivity contribution in [3.8, 4) is 11.5 Å². The number of para-hydroxylation sites is 1. The second kappa shape index (κ2) is 11.3. The Morgan fingerprint density at radius 1 is 1.09 bits per heavy atom. The van der Waals surface area contributed by atoms with Crippen molar-refractivity contribution in [2.45, 2.75) is 51.7 Å². The lowest BCUT2D eigenvalue weighted by molar-refractivity contribution is -0.0592. The summed E-state index contributed by atoms with van der Waals surface area (Å²) >= 11 is 6.34. The van der Waals surface area contributed by atoms with E-state index in [1.807, 2.05) is 30.3 Å². The van der Waals surface area contributed by atoms with E-state index in [2.05, 4.69) is 27.0 Å². The summed E-state index contributed by atoms with van der Waals surface area (Å²) in [5.41, 5.74) is 5.01. The zero-order valence-corrected chi connectivity index (χ0v) is 26.2. The number of fused-ring (bicyclic) bond motifs is 5. The summed E-state index contributed by atoms with van der Waals surface area (Å²) < 4.78 is 27.8. The van der Waals surface area contributed by atoms with Crippen molar-refractivity contribution in [1.29, 1.82) is 0 Å². The number of nitrogens with zero attached hydrogens (tertiary/aromatic N) is 5. The van der Waals surface area contributed by atoms with Crippen LogP contribution in [0.2, 0.25) is 5.02 Å². The quantitative estimate of drug-likeness (QED) is 0.190. The molecule has 0 unspecified atom stereocenters. The maximum atomic E-state index is 11.9. The van der Waals surface area contributed by atoms with Gasteiger partial charge in [-0.3, -0.25) is 4.90 Å². The molecule has 0 spiro atoms. The first-order chi connectivity index (χ1) is 22.4. The van der Waals surface area contributed by atoms with Crippen LogP contribution in [0.4, 0.5) is 0 Å². The molecule has 3 aromatic heterocycles. The Hall–Kier alpha value is -4.58. The van der Waals surface area contributed by atoms with E-state index in [0.717, 1.165) is 70.8 Å². The number of carboxylic acids is 1. The lowest BCUT2D eigenvalue weighted by Crippen LogP contribution is -2.38. The summed E-state index contributed by atoms with van der Waals surface area (Å²) in [4.78, 5) is 24.4. The number of hydrogen-bond acceptors (Lipinski definition) is 8. The van der Waals surface area contributed by atoms with Gasteiger partial charge in [-0.15, -0.1) is 0 Å². The maximum absolute atomic E-state index is 11.9. The standard InChI is InChI=1S/C34H32ClN5O6/c1-19-33-37-30-25(4-3-5-27(30)46-18-20-6-7-24(35)23-9-13-45-32(20)23)39(33)11-10-38(19)17-29-36-31-26(40(29)16-22-8-12-44-22)14-21(34(41)42)15-28(31)43-2/h3-7,9,13-15,19,22H,8,10-12,16-18H2,1-2H3,(H,41,42)/t19-,22-/m0/s1. The molecule has 2 aliphatic rings. The molecular weight excluding hydrogens is 610 g/mol. The number of methoxy groups -OCH3 is 1. The second-order valence-corrected chi connectivity index (χ2v) is 12.2. The van der Waals surface area contributed by atoms with E-state index < -0.39 is 5.97 Å². The summed E-state index contributed by atoms with van der Waals surface area (Å²) in [6.07, 6.45) is 2.65. The van der Waals surface area contributed by atoms with E-state index in [4.69, 9.17) is 40.2 Å². The van der Waals surface area contributed by atoms with Crippen LogP contribution in [0.1, 0.15) is 47.0 Å². The van der Waals surface area contributed by atoms with Crippen molar-refractivity contribution in [1.82, 2.24) is 24.0 Å². The van der Waals surface area contributed by atoms with Gasteiger partial charge in [-0.05, 0) is 49.7 Å². The number of benzene rings is 3. The van der Waals surface area contributed by atoms with E-state index in [1.54, 1.807) is 12.3 Å². The first-order valence-corrected chi connectivity index (χ1v) is 15.7. The summed E-state index contributed by atoms with van der Waals surface area (Å²) in [7, 11) is 1.54. The van der Waals surface area contributed by atoms with E-state index in [9.17, 15) is 9.90 Å². The summed E-state index contributed by atoms with van der Waals surface area (Å²) in [5.74, 6) is 1.92. The number of hydrogen-bond donors (Lipinski definition) is 1. The van der Waals surface area contributed by atoms with Crippen LogP contribution >= 0.6 is 11.6 Å². The first kappa shape index (κ1) is 28.9. The molecule has 11 nitrogen and oxygen atoms in total. The van der Waals surface area contributed by atoms with Gasteiger partial charge in [0.05, 0.1) is 60.2 Å². The highest BCUT2D eigenvalue weighted by Gasteiger charge is 2.31. The van der Waals surface area contributed by atoms with E-state index in [-0.39, 0.29) is 17.7 Å². The lowest BCUT2D eigenvalue weighted by atomic mass is 10.1. The van der Waals surface area contributed by atoms with Crippen molar-refractivity contribution in [2.24, 2.45) is 0 Å². The van der Waals surface area contributed by atoms with Gasteiger partial charge in [0.25, 0.3) is 0 Å². The zero-order chi connectivity index (χ0) is 31.5. The number of carbonyl (C=O) groups is 1. The molecule has 1 saturated heterocycles. The van der Waals surface area contributed by atoms with Crippen molar-refractivity contribution in [3.63, 3.8) is 0 Å². The number of aromatic nitrogens is 4. The second-order valence-electron chi connectivity index (χ2n) is 11.8. The van der Waals surface area contributed by atoms with Crippen LogP contribution in [0.3, 0.4) is 0 Å². The van der Waals surface area contributed by atoms with Crippen molar-refractivity contribution < 1.29 is 28.5 Å². The number of furan rings is 1. The van der Waals surface area contributed by atoms with Gasteiger partial charge in [-0.1, -0.05) is 23.7 Å². The fourth-order valence-corrected chi connectivity index (χ4v) is 6.83. The summed E-state index contributed by atoms with van der Waals surface area (Å²) in [6.45, 7) is 5.89. The fraction of sp³-hybridized carbons (Fsp3) is 0.324. The molecule has 2 aliphatic heterocycles. The van der Waals surface area contributed by atoms with Gasteiger partial charge in [0.2, 0.25) is 0 Å². The predicted octanol–water partition coefficient (Wildman–Crippen LogP) is 6.44. The van der Waals surface area contributed by atoms with Crippen LogP contribution in [0, 0.1) is 0 Å². The van der Waals surface area contributed by atoms with Gasteiger partial charge in [0, 0.05) is 30.6 Å². The molecule has 2 atom stereocenters. The molecule has 236 valence electrons. The third-order valence-corrected chi connectivity index (χ3v) is 9.55. The number of rotatable bonds is 9. The van der Waals surface area contributed by atoms with Gasteiger partial charge in [-0.2, -0.15) is 0 Å². The summed E-state index contributed by atoms with van der Waals surface area (Å²) in [6, 6.07) is 14.9. The average Bonchev–Trinajstić information content (AvgIpc) is 3.76. The molecule has 1 fully saturated rings. The molecule has 0 radical (unpaired) electrons. The highest BCUT2D eigenvalue weighted by Crippen LogP contribution is 2.36. The Morgan fingerprint density at radius 2 is 1.93 bits per heavy atom. The number of imidazole rings is 2. The van der Waals surface area contributed by atoms with Gasteiger partial charge in [0.1, 0.15) is 46.4 Å². The Labute approximate surface area is 268 Å². The van der Waals surface area contributed by atoms with Gasteiger partial charge < -0.3 is 32.9 Å². The predicted molar refractivity (Wildman–Crippen MR) is 172 cm³/mol. The Kier molecular flexibility index (Phi) is 7.12. The molecule has 0 saturated carbocycles. The molecule has 0 amide bonds. The molecule has 8 rings (SSSR count). The highest BCUT2D eigenvalue weighted by atomic mass is 35.5. The molecular formula is C34H32ClN5O6. The lowest BCUT2D eigenvalue weighted by Gasteiger charge is -2.34. The van der Waals surface area contributed by atoms with Gasteiger partial charge in [-0.25, -0.2) is 14.8 Å². The number of halogens is 1. The average molecular weight is 642 g/mol. The molecule has 0 bridgehead atoms. The molecule has 5 heterocycles. The minimum absolute atomic E-state index is 0.0160. The summed E-state index contributed by atoms with van der Waals surface area (Å²) in [5, 5.41) is 11.3. The Bertz CT molecular complexity index is 2130. The van der Waals surface area contributed by atoms with Crippen LogP contribution in [-0.4, -0.2) is 61.4 Å². The van der Waals surface area contributed by atoms with Gasteiger partial charge >= 0.3 is 5.97 Å². The van der Waals surface area contributed by atoms with E-state index in [0.29, 0.717) is 41.7 Å². The topological polar surface area (TPSA) is 117 Å². The van der Waals surface area contributed by atoms with Crippen molar-refractivity contribution in [2.75, 3.05) is 20.3 Å². The minimum Gasteiger partial charge on any atom is -0.494 e. The fourth-order valence-electron chi connectivity index (χ4n) is 6.62. The minimum atomic E-state index is -1.01. The Balaban J connectivity index is 1.10. The smallest absolute Gasteiger partial charge is 0.335 e. The van der Waals surface area contributed by atoms with Crippen LogP contribution in [0.5, 0.6) is 11.5 Å². The molecule has 12 heteroatoms. The molecule has 6 aromatic rings. The number of ether oxygens (including phenoxy) is 3. The number of aromatic carboxylic acids is 1. The number of carboxylic acid groups (broad SMARTS) is 1. The molecule has 1 N–H and O–H groups in total. The first-order valence-electron chi connectivity index (χ1n) is 15.3.